The third-order valence-electron chi connectivity index (χ3n) is 4.63. The maximum Gasteiger partial charge on any atom is 0.0830 e. The highest BCUT2D eigenvalue weighted by Gasteiger charge is 2.60. The van der Waals surface area contributed by atoms with E-state index in [0.29, 0.717) is 12.6 Å². The predicted molar refractivity (Wildman–Crippen MR) is 79.1 cm³/mol. The fraction of sp³-hybridized carbons (Fsp3) is 1.00. The molecule has 2 atom stereocenters. The normalized spacial score (nSPS) is 40.0. The maximum atomic E-state index is 6.32. The molecule has 0 saturated carbocycles. The van der Waals surface area contributed by atoms with Crippen LogP contribution in [0, 0.1) is 0 Å². The highest BCUT2D eigenvalue weighted by Crippen LogP contribution is 2.49. The molecule has 2 fully saturated rings. The van der Waals surface area contributed by atoms with E-state index < -0.39 is 0 Å². The molecule has 2 saturated heterocycles. The van der Waals surface area contributed by atoms with E-state index >= 15 is 0 Å². The molecule has 4 heteroatoms. The number of nitrogens with two attached hydrogens (primary N) is 1. The van der Waals surface area contributed by atoms with Crippen molar-refractivity contribution < 1.29 is 4.74 Å². The zero-order valence-electron chi connectivity index (χ0n) is 12.5. The van der Waals surface area contributed by atoms with Crippen molar-refractivity contribution in [1.29, 1.82) is 0 Å². The molecule has 3 nitrogen and oxygen atoms in total. The summed E-state index contributed by atoms with van der Waals surface area (Å²) in [5.74, 6) is 2.42. The molecule has 2 unspecified atom stereocenters. The van der Waals surface area contributed by atoms with Crippen LogP contribution < -0.4 is 5.73 Å². The van der Waals surface area contributed by atoms with Gasteiger partial charge in [-0.1, -0.05) is 0 Å². The summed E-state index contributed by atoms with van der Waals surface area (Å²) < 4.78 is 6.32. The van der Waals surface area contributed by atoms with E-state index in [4.69, 9.17) is 10.5 Å². The molecule has 2 heterocycles. The average molecular weight is 272 g/mol. The molecule has 0 amide bonds. The number of thioether (sulfide) groups is 1. The lowest BCUT2D eigenvalue weighted by molar-refractivity contribution is -0.108. The molecule has 0 aromatic heterocycles. The number of hydrogen-bond donors (Lipinski definition) is 1. The second-order valence-corrected chi connectivity index (χ2v) is 8.05. The van der Waals surface area contributed by atoms with Gasteiger partial charge in [0, 0.05) is 30.6 Å². The van der Waals surface area contributed by atoms with Gasteiger partial charge in [0.25, 0.3) is 0 Å². The smallest absolute Gasteiger partial charge is 0.0830 e. The molecule has 106 valence electrons. The zero-order chi connectivity index (χ0) is 13.6. The first-order chi connectivity index (χ1) is 8.24. The molecule has 2 aliphatic rings. The Kier molecular flexibility index (Phi) is 3.78. The van der Waals surface area contributed by atoms with E-state index in [2.05, 4.69) is 51.3 Å². The second-order valence-electron chi connectivity index (χ2n) is 6.90. The van der Waals surface area contributed by atoms with Crippen molar-refractivity contribution in [1.82, 2.24) is 4.90 Å². The number of rotatable bonds is 2. The van der Waals surface area contributed by atoms with Gasteiger partial charge in [-0.2, -0.15) is 11.8 Å². The molecule has 2 aliphatic heterocycles. The van der Waals surface area contributed by atoms with Crippen molar-refractivity contribution >= 4 is 11.8 Å². The molecule has 0 aromatic rings. The largest absolute Gasteiger partial charge is 0.368 e. The van der Waals surface area contributed by atoms with Gasteiger partial charge in [0.15, 0.2) is 0 Å². The summed E-state index contributed by atoms with van der Waals surface area (Å²) in [5, 5.41) is 0. The SMILES string of the molecule is CC1CSCCN1C1(CN)CC(C)(C)OC1(C)C. The fourth-order valence-corrected chi connectivity index (χ4v) is 5.00. The van der Waals surface area contributed by atoms with Gasteiger partial charge in [0.2, 0.25) is 0 Å². The molecule has 18 heavy (non-hydrogen) atoms. The van der Waals surface area contributed by atoms with Gasteiger partial charge >= 0.3 is 0 Å². The van der Waals surface area contributed by atoms with Crippen LogP contribution in [0.25, 0.3) is 0 Å². The van der Waals surface area contributed by atoms with Crippen LogP contribution in [0.3, 0.4) is 0 Å². The van der Waals surface area contributed by atoms with Crippen LogP contribution in [0.15, 0.2) is 0 Å². The Hall–Kier alpha value is 0.230. The van der Waals surface area contributed by atoms with Crippen molar-refractivity contribution in [2.45, 2.75) is 63.8 Å². The third-order valence-corrected chi connectivity index (χ3v) is 5.81. The highest BCUT2D eigenvalue weighted by atomic mass is 32.2. The van der Waals surface area contributed by atoms with Crippen molar-refractivity contribution in [3.63, 3.8) is 0 Å². The van der Waals surface area contributed by atoms with Crippen LogP contribution in [0.4, 0.5) is 0 Å². The van der Waals surface area contributed by atoms with Gasteiger partial charge in [-0.15, -0.1) is 0 Å². The summed E-state index contributed by atoms with van der Waals surface area (Å²) in [7, 11) is 0. The van der Waals surface area contributed by atoms with E-state index in [1.807, 2.05) is 0 Å². The first kappa shape index (κ1) is 14.6. The summed E-state index contributed by atoms with van der Waals surface area (Å²) in [5.41, 5.74) is 5.96. The Morgan fingerprint density at radius 1 is 1.33 bits per heavy atom. The number of hydrogen-bond acceptors (Lipinski definition) is 4. The Labute approximate surface area is 116 Å². The molecule has 0 bridgehead atoms. The van der Waals surface area contributed by atoms with E-state index in [1.54, 1.807) is 0 Å². The van der Waals surface area contributed by atoms with E-state index in [9.17, 15) is 0 Å². The molecule has 0 aromatic carbocycles. The van der Waals surface area contributed by atoms with Crippen LogP contribution in [0.1, 0.15) is 41.0 Å². The molecule has 2 rings (SSSR count). The summed E-state index contributed by atoms with van der Waals surface area (Å²) in [6, 6.07) is 0.587. The maximum absolute atomic E-state index is 6.32. The molecule has 0 spiro atoms. The molecular weight excluding hydrogens is 244 g/mol. The Morgan fingerprint density at radius 3 is 2.44 bits per heavy atom. The lowest BCUT2D eigenvalue weighted by atomic mass is 9.76. The molecule has 2 N–H and O–H groups in total. The molecule has 0 aliphatic carbocycles. The van der Waals surface area contributed by atoms with Gasteiger partial charge < -0.3 is 10.5 Å². The summed E-state index contributed by atoms with van der Waals surface area (Å²) in [4.78, 5) is 2.62. The van der Waals surface area contributed by atoms with Gasteiger partial charge in [0.1, 0.15) is 0 Å². The average Bonchev–Trinajstić information content (AvgIpc) is 2.44. The Balaban J connectivity index is 2.35. The first-order valence-electron chi connectivity index (χ1n) is 6.99. The van der Waals surface area contributed by atoms with Crippen LogP contribution in [-0.2, 0) is 4.74 Å². The van der Waals surface area contributed by atoms with Crippen molar-refractivity contribution in [2.24, 2.45) is 5.73 Å². The minimum atomic E-state index is -0.179. The topological polar surface area (TPSA) is 38.5 Å². The summed E-state index contributed by atoms with van der Waals surface area (Å²) in [6.07, 6.45) is 1.03. The number of nitrogens with zero attached hydrogens (tertiary/aromatic N) is 1. The fourth-order valence-electron chi connectivity index (χ4n) is 3.98. The molecule has 0 radical (unpaired) electrons. The van der Waals surface area contributed by atoms with Crippen molar-refractivity contribution in [3.8, 4) is 0 Å². The van der Waals surface area contributed by atoms with E-state index in [-0.39, 0.29) is 16.7 Å². The minimum absolute atomic E-state index is 0.0170. The van der Waals surface area contributed by atoms with E-state index in [1.165, 1.54) is 11.5 Å². The highest BCUT2D eigenvalue weighted by molar-refractivity contribution is 7.99. The van der Waals surface area contributed by atoms with Crippen LogP contribution >= 0.6 is 11.8 Å². The lowest BCUT2D eigenvalue weighted by Gasteiger charge is -2.52. The summed E-state index contributed by atoms with van der Waals surface area (Å²) >= 11 is 2.05. The lowest BCUT2D eigenvalue weighted by Crippen LogP contribution is -2.67. The van der Waals surface area contributed by atoms with Crippen LogP contribution in [0.5, 0.6) is 0 Å². The van der Waals surface area contributed by atoms with Gasteiger partial charge in [-0.05, 0) is 41.0 Å². The van der Waals surface area contributed by atoms with Gasteiger partial charge in [-0.25, -0.2) is 0 Å². The minimum Gasteiger partial charge on any atom is -0.368 e. The monoisotopic (exact) mass is 272 g/mol. The quantitative estimate of drug-likeness (QED) is 0.835. The van der Waals surface area contributed by atoms with Gasteiger partial charge in [-0.3, -0.25) is 4.90 Å². The van der Waals surface area contributed by atoms with Crippen LogP contribution in [0.2, 0.25) is 0 Å². The first-order valence-corrected chi connectivity index (χ1v) is 8.14. The zero-order valence-corrected chi connectivity index (χ0v) is 13.3. The number of ether oxygens (including phenoxy) is 1. The third kappa shape index (κ3) is 2.21. The Morgan fingerprint density at radius 2 is 2.00 bits per heavy atom. The second kappa shape index (κ2) is 4.65. The summed E-state index contributed by atoms with van der Waals surface area (Å²) in [6.45, 7) is 12.9. The van der Waals surface area contributed by atoms with E-state index in [0.717, 1.165) is 13.0 Å². The van der Waals surface area contributed by atoms with Crippen molar-refractivity contribution in [3.05, 3.63) is 0 Å². The molecular formula is C14H28N2OS. The predicted octanol–water partition coefficient (Wildman–Crippen LogP) is 2.10. The Bertz CT molecular complexity index is 319. The van der Waals surface area contributed by atoms with Crippen LogP contribution in [-0.4, -0.2) is 52.3 Å². The van der Waals surface area contributed by atoms with Crippen molar-refractivity contribution in [2.75, 3.05) is 24.6 Å². The standard InChI is InChI=1S/C14H28N2OS/c1-11-8-18-7-6-16(11)14(10-15)9-12(2,3)17-13(14,4)5/h11H,6-10,15H2,1-5H3. The van der Waals surface area contributed by atoms with Gasteiger partial charge in [0.05, 0.1) is 16.7 Å².